The second-order valence-corrected chi connectivity index (χ2v) is 7.07. The number of phenolic OH excluding ortho intramolecular Hbond substituents is 1. The van der Waals surface area contributed by atoms with Crippen molar-refractivity contribution >= 4 is 50.7 Å². The summed E-state index contributed by atoms with van der Waals surface area (Å²) >= 11 is 12.0. The van der Waals surface area contributed by atoms with E-state index in [9.17, 15) is 5.11 Å². The van der Waals surface area contributed by atoms with Crippen LogP contribution in [0.1, 0.15) is 12.5 Å². The first-order valence-corrected chi connectivity index (χ1v) is 9.26. The summed E-state index contributed by atoms with van der Waals surface area (Å²) in [5.41, 5.74) is 4.44. The van der Waals surface area contributed by atoms with E-state index in [2.05, 4.69) is 59.3 Å². The zero-order valence-corrected chi connectivity index (χ0v) is 15.8. The van der Waals surface area contributed by atoms with E-state index in [1.54, 1.807) is 12.1 Å². The number of nitrogens with one attached hydrogen (secondary N) is 1. The fraction of sp³-hybridized carbons (Fsp3) is 0.143. The van der Waals surface area contributed by atoms with Crippen LogP contribution in [-0.4, -0.2) is 9.67 Å². The van der Waals surface area contributed by atoms with E-state index in [0.29, 0.717) is 6.54 Å². The molecule has 1 aromatic heterocycles. The highest BCUT2D eigenvalue weighted by molar-refractivity contribution is 6.37. The summed E-state index contributed by atoms with van der Waals surface area (Å²) in [7, 11) is 0. The van der Waals surface area contributed by atoms with Gasteiger partial charge in [-0.05, 0) is 42.8 Å². The Morgan fingerprint density at radius 3 is 2.35 bits per heavy atom. The van der Waals surface area contributed by atoms with E-state index < -0.39 is 0 Å². The first kappa shape index (κ1) is 17.1. The molecule has 0 spiro atoms. The highest BCUT2D eigenvalue weighted by Gasteiger charge is 2.10. The minimum absolute atomic E-state index is 0.0901. The Bertz CT molecular complexity index is 1090. The van der Waals surface area contributed by atoms with Crippen LogP contribution in [0.3, 0.4) is 0 Å². The number of benzene rings is 3. The number of rotatable bonds is 4. The molecule has 0 aliphatic carbocycles. The molecule has 0 bridgehead atoms. The molecular formula is C21H18Cl2N2O. The molecule has 0 aliphatic rings. The number of aryl methyl sites for hydroxylation is 1. The molecular weight excluding hydrogens is 367 g/mol. The number of para-hydroxylation sites is 1. The minimum Gasteiger partial charge on any atom is -0.505 e. The Balaban J connectivity index is 1.69. The zero-order valence-electron chi connectivity index (χ0n) is 14.3. The molecule has 0 unspecified atom stereocenters. The molecule has 3 nitrogen and oxygen atoms in total. The second-order valence-electron chi connectivity index (χ2n) is 6.25. The lowest BCUT2D eigenvalue weighted by Gasteiger charge is -2.10. The van der Waals surface area contributed by atoms with Crippen LogP contribution in [0, 0.1) is 0 Å². The van der Waals surface area contributed by atoms with Crippen LogP contribution in [0.5, 0.6) is 5.75 Å². The minimum atomic E-state index is -0.0901. The predicted molar refractivity (Wildman–Crippen MR) is 111 cm³/mol. The molecule has 0 atom stereocenters. The molecule has 4 aromatic rings. The van der Waals surface area contributed by atoms with Crippen molar-refractivity contribution in [2.75, 3.05) is 5.32 Å². The number of anilines is 1. The Kier molecular flexibility index (Phi) is 4.43. The normalized spacial score (nSPS) is 11.3. The van der Waals surface area contributed by atoms with Crippen molar-refractivity contribution in [1.29, 1.82) is 0 Å². The summed E-state index contributed by atoms with van der Waals surface area (Å²) in [6.07, 6.45) is 0. The molecule has 132 valence electrons. The van der Waals surface area contributed by atoms with Crippen molar-refractivity contribution in [1.82, 2.24) is 4.57 Å². The van der Waals surface area contributed by atoms with E-state index in [0.717, 1.165) is 17.8 Å². The van der Waals surface area contributed by atoms with Crippen LogP contribution >= 0.6 is 23.2 Å². The monoisotopic (exact) mass is 384 g/mol. The number of halogens is 2. The molecule has 0 radical (unpaired) electrons. The smallest absolute Gasteiger partial charge is 0.152 e. The van der Waals surface area contributed by atoms with E-state index in [1.807, 2.05) is 0 Å². The highest BCUT2D eigenvalue weighted by Crippen LogP contribution is 2.35. The lowest BCUT2D eigenvalue weighted by atomic mass is 10.1. The average Bonchev–Trinajstić information content (AvgIpc) is 2.97. The Morgan fingerprint density at radius 2 is 1.62 bits per heavy atom. The van der Waals surface area contributed by atoms with E-state index in [1.165, 1.54) is 21.8 Å². The topological polar surface area (TPSA) is 37.2 Å². The Labute approximate surface area is 161 Å². The third kappa shape index (κ3) is 2.87. The molecule has 3 aromatic carbocycles. The number of hydrogen-bond donors (Lipinski definition) is 2. The van der Waals surface area contributed by atoms with Gasteiger partial charge in [-0.1, -0.05) is 47.5 Å². The largest absolute Gasteiger partial charge is 0.505 e. The second kappa shape index (κ2) is 6.75. The molecule has 0 fully saturated rings. The quantitative estimate of drug-likeness (QED) is 0.397. The van der Waals surface area contributed by atoms with Gasteiger partial charge in [0.25, 0.3) is 0 Å². The molecule has 0 saturated heterocycles. The molecule has 0 saturated carbocycles. The summed E-state index contributed by atoms with van der Waals surface area (Å²) in [5, 5.41) is 16.0. The number of fused-ring (bicyclic) bond motifs is 3. The zero-order chi connectivity index (χ0) is 18.3. The summed E-state index contributed by atoms with van der Waals surface area (Å²) < 4.78 is 2.33. The lowest BCUT2D eigenvalue weighted by molar-refractivity contribution is 0.476. The van der Waals surface area contributed by atoms with E-state index in [-0.39, 0.29) is 15.8 Å². The molecule has 5 heteroatoms. The first-order valence-electron chi connectivity index (χ1n) is 8.50. The van der Waals surface area contributed by atoms with Gasteiger partial charge >= 0.3 is 0 Å². The molecule has 2 N–H and O–H groups in total. The standard InChI is InChI=1S/C21H18Cl2N2O/c1-2-25-19-6-4-3-5-15(19)16-9-13(7-8-20(16)25)12-24-14-10-17(22)21(26)18(23)11-14/h3-11,24,26H,2,12H2,1H3. The Morgan fingerprint density at radius 1 is 0.923 bits per heavy atom. The van der Waals surface area contributed by atoms with Crippen LogP contribution in [0.25, 0.3) is 21.8 Å². The highest BCUT2D eigenvalue weighted by atomic mass is 35.5. The SMILES string of the molecule is CCn1c2ccccc2c2cc(CNc3cc(Cl)c(O)c(Cl)c3)ccc21. The Hall–Kier alpha value is -2.36. The maximum absolute atomic E-state index is 9.67. The van der Waals surface area contributed by atoms with Gasteiger partial charge in [-0.2, -0.15) is 0 Å². The molecule has 4 rings (SSSR count). The van der Waals surface area contributed by atoms with Gasteiger partial charge < -0.3 is 15.0 Å². The maximum Gasteiger partial charge on any atom is 0.152 e. The van der Waals surface area contributed by atoms with Crippen molar-refractivity contribution in [2.24, 2.45) is 0 Å². The molecule has 0 aliphatic heterocycles. The summed E-state index contributed by atoms with van der Waals surface area (Å²) in [4.78, 5) is 0. The van der Waals surface area contributed by atoms with Crippen molar-refractivity contribution in [3.63, 3.8) is 0 Å². The third-order valence-electron chi connectivity index (χ3n) is 4.67. The van der Waals surface area contributed by atoms with Crippen molar-refractivity contribution in [3.05, 3.63) is 70.2 Å². The molecule has 0 amide bonds. The predicted octanol–water partition coefficient (Wildman–Crippen LogP) is 6.44. The number of phenols is 1. The first-order chi connectivity index (χ1) is 12.6. The number of hydrogen-bond acceptors (Lipinski definition) is 2. The van der Waals surface area contributed by atoms with Gasteiger partial charge in [0.1, 0.15) is 0 Å². The van der Waals surface area contributed by atoms with Crippen LogP contribution in [0.2, 0.25) is 10.0 Å². The van der Waals surface area contributed by atoms with Gasteiger partial charge in [-0.3, -0.25) is 0 Å². The van der Waals surface area contributed by atoms with Crippen molar-refractivity contribution in [3.8, 4) is 5.75 Å². The number of nitrogens with zero attached hydrogens (tertiary/aromatic N) is 1. The molecule has 26 heavy (non-hydrogen) atoms. The van der Waals surface area contributed by atoms with Crippen LogP contribution in [-0.2, 0) is 13.1 Å². The van der Waals surface area contributed by atoms with E-state index >= 15 is 0 Å². The van der Waals surface area contributed by atoms with Gasteiger partial charge in [0.2, 0.25) is 0 Å². The third-order valence-corrected chi connectivity index (χ3v) is 5.24. The fourth-order valence-corrected chi connectivity index (χ4v) is 3.91. The summed E-state index contributed by atoms with van der Waals surface area (Å²) in [5.74, 6) is -0.0901. The van der Waals surface area contributed by atoms with Crippen molar-refractivity contribution in [2.45, 2.75) is 20.0 Å². The lowest BCUT2D eigenvalue weighted by Crippen LogP contribution is -1.99. The van der Waals surface area contributed by atoms with Gasteiger partial charge in [-0.25, -0.2) is 0 Å². The molecule has 1 heterocycles. The fourth-order valence-electron chi connectivity index (χ4n) is 3.42. The van der Waals surface area contributed by atoms with Crippen LogP contribution in [0.15, 0.2) is 54.6 Å². The summed E-state index contributed by atoms with van der Waals surface area (Å²) in [6, 6.07) is 18.4. The number of aromatic hydroxyl groups is 1. The van der Waals surface area contributed by atoms with E-state index in [4.69, 9.17) is 23.2 Å². The van der Waals surface area contributed by atoms with Crippen molar-refractivity contribution < 1.29 is 5.11 Å². The van der Waals surface area contributed by atoms with Gasteiger partial charge in [0.15, 0.2) is 5.75 Å². The summed E-state index contributed by atoms with van der Waals surface area (Å²) in [6.45, 7) is 3.74. The van der Waals surface area contributed by atoms with Crippen LogP contribution in [0.4, 0.5) is 5.69 Å². The maximum atomic E-state index is 9.67. The van der Waals surface area contributed by atoms with Gasteiger partial charge in [-0.15, -0.1) is 0 Å². The number of aromatic nitrogens is 1. The van der Waals surface area contributed by atoms with Gasteiger partial charge in [0.05, 0.1) is 10.0 Å². The average molecular weight is 385 g/mol. The van der Waals surface area contributed by atoms with Crippen LogP contribution < -0.4 is 5.32 Å². The van der Waals surface area contributed by atoms with Gasteiger partial charge in [0, 0.05) is 40.6 Å².